The van der Waals surface area contributed by atoms with Gasteiger partial charge in [0.1, 0.15) is 5.69 Å². The molecule has 0 aliphatic carbocycles. The fraction of sp³-hybridized carbons (Fsp3) is 0.0909. The normalized spacial score (nSPS) is 10.2. The number of aryl methyl sites for hydroxylation is 1. The van der Waals surface area contributed by atoms with E-state index >= 15 is 0 Å². The third-order valence-electron chi connectivity index (χ3n) is 2.05. The third-order valence-corrected chi connectivity index (χ3v) is 2.05. The Labute approximate surface area is 95.9 Å². The monoisotopic (exact) mass is 232 g/mol. The second kappa shape index (κ2) is 4.17. The lowest BCUT2D eigenvalue weighted by molar-refractivity contribution is 0.0660. The molecular formula is C11H8N2O4. The van der Waals surface area contributed by atoms with Crippen LogP contribution in [0.3, 0.4) is 0 Å². The molecule has 0 bridgehead atoms. The van der Waals surface area contributed by atoms with Crippen molar-refractivity contribution in [1.82, 2.24) is 9.97 Å². The van der Waals surface area contributed by atoms with E-state index in [9.17, 15) is 9.59 Å². The van der Waals surface area contributed by atoms with Crippen LogP contribution in [0.25, 0.3) is 0 Å². The number of rotatable bonds is 3. The van der Waals surface area contributed by atoms with E-state index in [0.717, 1.165) is 0 Å². The van der Waals surface area contributed by atoms with Crippen molar-refractivity contribution < 1.29 is 19.1 Å². The van der Waals surface area contributed by atoms with Crippen LogP contribution in [-0.4, -0.2) is 26.8 Å². The summed E-state index contributed by atoms with van der Waals surface area (Å²) in [6, 6.07) is 2.52. The van der Waals surface area contributed by atoms with E-state index in [1.54, 1.807) is 6.92 Å². The molecule has 0 radical (unpaired) electrons. The minimum atomic E-state index is -1.22. The highest BCUT2D eigenvalue weighted by atomic mass is 16.4. The maximum absolute atomic E-state index is 11.8. The molecule has 6 heteroatoms. The van der Waals surface area contributed by atoms with E-state index in [0.29, 0.717) is 5.69 Å². The molecule has 0 spiro atoms. The van der Waals surface area contributed by atoms with Crippen LogP contribution in [-0.2, 0) is 0 Å². The van der Waals surface area contributed by atoms with Crippen LogP contribution in [0.15, 0.2) is 28.9 Å². The quantitative estimate of drug-likeness (QED) is 0.802. The van der Waals surface area contributed by atoms with Crippen molar-refractivity contribution in [3.8, 4) is 0 Å². The summed E-state index contributed by atoms with van der Waals surface area (Å²) in [4.78, 5) is 30.2. The molecule has 0 fully saturated rings. The predicted molar refractivity (Wildman–Crippen MR) is 55.9 cm³/mol. The van der Waals surface area contributed by atoms with Crippen molar-refractivity contribution in [3.63, 3.8) is 0 Å². The lowest BCUT2D eigenvalue weighted by Crippen LogP contribution is -2.04. The first kappa shape index (κ1) is 11.0. The van der Waals surface area contributed by atoms with Gasteiger partial charge in [0.2, 0.25) is 11.5 Å². The van der Waals surface area contributed by atoms with Crippen LogP contribution in [0.1, 0.15) is 32.5 Å². The van der Waals surface area contributed by atoms with Gasteiger partial charge in [0.25, 0.3) is 0 Å². The number of carbonyl (C=O) groups excluding carboxylic acids is 1. The van der Waals surface area contributed by atoms with Crippen LogP contribution in [0.2, 0.25) is 0 Å². The van der Waals surface area contributed by atoms with Crippen molar-refractivity contribution in [2.24, 2.45) is 0 Å². The number of carboxylic acid groups (broad SMARTS) is 1. The predicted octanol–water partition coefficient (Wildman–Crippen LogP) is 1.31. The summed E-state index contributed by atoms with van der Waals surface area (Å²) in [6.45, 7) is 1.75. The van der Waals surface area contributed by atoms with Gasteiger partial charge < -0.3 is 9.52 Å². The highest BCUT2D eigenvalue weighted by Gasteiger charge is 2.17. The minimum Gasteiger partial charge on any atom is -0.475 e. The molecule has 0 aliphatic rings. The van der Waals surface area contributed by atoms with E-state index in [-0.39, 0.29) is 17.2 Å². The van der Waals surface area contributed by atoms with Gasteiger partial charge >= 0.3 is 5.97 Å². The van der Waals surface area contributed by atoms with E-state index in [1.807, 2.05) is 0 Å². The SMILES string of the molecule is Cc1cnc(C(=O)c2ccc(C(=O)O)o2)cn1. The molecule has 0 amide bonds. The van der Waals surface area contributed by atoms with E-state index < -0.39 is 11.8 Å². The zero-order valence-electron chi connectivity index (χ0n) is 8.88. The Morgan fingerprint density at radius 1 is 1.18 bits per heavy atom. The molecule has 0 aromatic carbocycles. The molecule has 2 aromatic rings. The zero-order chi connectivity index (χ0) is 12.4. The van der Waals surface area contributed by atoms with Crippen LogP contribution < -0.4 is 0 Å². The van der Waals surface area contributed by atoms with Gasteiger partial charge in [0.15, 0.2) is 5.76 Å². The van der Waals surface area contributed by atoms with Crippen molar-refractivity contribution in [1.29, 1.82) is 0 Å². The van der Waals surface area contributed by atoms with Crippen molar-refractivity contribution >= 4 is 11.8 Å². The number of hydrogen-bond donors (Lipinski definition) is 1. The van der Waals surface area contributed by atoms with Gasteiger partial charge in [-0.2, -0.15) is 0 Å². The zero-order valence-corrected chi connectivity index (χ0v) is 8.88. The van der Waals surface area contributed by atoms with E-state index in [2.05, 4.69) is 9.97 Å². The van der Waals surface area contributed by atoms with Gasteiger partial charge in [-0.3, -0.25) is 9.78 Å². The van der Waals surface area contributed by atoms with Crippen LogP contribution >= 0.6 is 0 Å². The summed E-state index contributed by atoms with van der Waals surface area (Å²) in [7, 11) is 0. The highest BCUT2D eigenvalue weighted by Crippen LogP contribution is 2.11. The first-order valence-corrected chi connectivity index (χ1v) is 4.74. The van der Waals surface area contributed by atoms with E-state index in [1.165, 1.54) is 24.5 Å². The smallest absolute Gasteiger partial charge is 0.371 e. The van der Waals surface area contributed by atoms with Crippen molar-refractivity contribution in [3.05, 3.63) is 47.4 Å². The van der Waals surface area contributed by atoms with E-state index in [4.69, 9.17) is 9.52 Å². The van der Waals surface area contributed by atoms with Crippen LogP contribution in [0, 0.1) is 6.92 Å². The summed E-state index contributed by atoms with van der Waals surface area (Å²) in [5.74, 6) is -2.07. The Hall–Kier alpha value is -2.50. The number of nitrogens with zero attached hydrogens (tertiary/aromatic N) is 2. The molecule has 0 saturated heterocycles. The summed E-state index contributed by atoms with van der Waals surface area (Å²) in [5.41, 5.74) is 0.800. The van der Waals surface area contributed by atoms with Crippen LogP contribution in [0.4, 0.5) is 0 Å². The number of ketones is 1. The van der Waals surface area contributed by atoms with Gasteiger partial charge in [-0.1, -0.05) is 0 Å². The number of hydrogen-bond acceptors (Lipinski definition) is 5. The molecular weight excluding hydrogens is 224 g/mol. The average molecular weight is 232 g/mol. The summed E-state index contributed by atoms with van der Waals surface area (Å²) in [6.07, 6.45) is 2.77. The first-order chi connectivity index (χ1) is 8.08. The summed E-state index contributed by atoms with van der Waals surface area (Å²) in [5, 5.41) is 8.65. The fourth-order valence-corrected chi connectivity index (χ4v) is 1.21. The molecule has 0 aliphatic heterocycles. The summed E-state index contributed by atoms with van der Waals surface area (Å²) >= 11 is 0. The average Bonchev–Trinajstić information content (AvgIpc) is 2.78. The standard InChI is InChI=1S/C11H8N2O4/c1-6-4-13-7(5-12-6)10(14)8-2-3-9(17-8)11(15)16/h2-5H,1H3,(H,15,16). The number of aromatic carboxylic acids is 1. The van der Waals surface area contributed by atoms with Gasteiger partial charge in [-0.25, -0.2) is 9.78 Å². The van der Waals surface area contributed by atoms with Gasteiger partial charge in [0, 0.05) is 6.20 Å². The first-order valence-electron chi connectivity index (χ1n) is 4.74. The third kappa shape index (κ3) is 2.20. The Morgan fingerprint density at radius 2 is 1.88 bits per heavy atom. The largest absolute Gasteiger partial charge is 0.475 e. The Morgan fingerprint density at radius 3 is 2.41 bits per heavy atom. The molecule has 0 unspecified atom stereocenters. The number of carbonyl (C=O) groups is 2. The second-order valence-electron chi connectivity index (χ2n) is 3.34. The fourth-order valence-electron chi connectivity index (χ4n) is 1.21. The Bertz CT molecular complexity index is 571. The Balaban J connectivity index is 2.30. The number of furan rings is 1. The lowest BCUT2D eigenvalue weighted by atomic mass is 10.2. The van der Waals surface area contributed by atoms with Gasteiger partial charge in [0.05, 0.1) is 11.9 Å². The molecule has 0 saturated carbocycles. The number of aromatic nitrogens is 2. The molecule has 2 aromatic heterocycles. The van der Waals surface area contributed by atoms with Gasteiger partial charge in [-0.15, -0.1) is 0 Å². The minimum absolute atomic E-state index is 0.0689. The molecule has 0 atom stereocenters. The summed E-state index contributed by atoms with van der Waals surface area (Å²) < 4.78 is 4.87. The number of carboxylic acids is 1. The molecule has 6 nitrogen and oxygen atoms in total. The Kier molecular flexibility index (Phi) is 2.70. The molecule has 1 N–H and O–H groups in total. The lowest BCUT2D eigenvalue weighted by Gasteiger charge is -1.96. The second-order valence-corrected chi connectivity index (χ2v) is 3.34. The molecule has 2 rings (SSSR count). The molecule has 2 heterocycles. The van der Waals surface area contributed by atoms with Crippen molar-refractivity contribution in [2.75, 3.05) is 0 Å². The molecule has 86 valence electrons. The molecule has 17 heavy (non-hydrogen) atoms. The van der Waals surface area contributed by atoms with Gasteiger partial charge in [-0.05, 0) is 19.1 Å². The van der Waals surface area contributed by atoms with Crippen LogP contribution in [0.5, 0.6) is 0 Å². The topological polar surface area (TPSA) is 93.3 Å². The van der Waals surface area contributed by atoms with Crippen molar-refractivity contribution in [2.45, 2.75) is 6.92 Å². The maximum atomic E-state index is 11.8. The maximum Gasteiger partial charge on any atom is 0.371 e. The highest BCUT2D eigenvalue weighted by molar-refractivity contribution is 6.06.